The fourth-order valence-corrected chi connectivity index (χ4v) is 2.55. The van der Waals surface area contributed by atoms with E-state index >= 15 is 0 Å². The molecule has 0 aromatic heterocycles. The van der Waals surface area contributed by atoms with Gasteiger partial charge in [0.1, 0.15) is 12.6 Å². The Morgan fingerprint density at radius 1 is 0.435 bits per heavy atom. The highest BCUT2D eigenvalue weighted by Gasteiger charge is 1.91. The molecule has 0 unspecified atom stereocenters. The summed E-state index contributed by atoms with van der Waals surface area (Å²) in [6.07, 6.45) is 23.2. The Labute approximate surface area is 145 Å². The minimum absolute atomic E-state index is 0.754. The molecular formula is C21H42O2. The van der Waals surface area contributed by atoms with Gasteiger partial charge in [0.25, 0.3) is 0 Å². The smallest absolute Gasteiger partial charge is 0.119 e. The predicted molar refractivity (Wildman–Crippen MR) is 102 cm³/mol. The van der Waals surface area contributed by atoms with Crippen LogP contribution in [0.5, 0.6) is 0 Å². The molecule has 0 spiro atoms. The summed E-state index contributed by atoms with van der Waals surface area (Å²) in [5, 5.41) is 0. The third-order valence-corrected chi connectivity index (χ3v) is 4.10. The molecule has 0 aliphatic carbocycles. The van der Waals surface area contributed by atoms with Crippen LogP contribution in [0.1, 0.15) is 123 Å². The summed E-state index contributed by atoms with van der Waals surface area (Å²) in [7, 11) is 0. The van der Waals surface area contributed by atoms with E-state index in [-0.39, 0.29) is 0 Å². The first-order chi connectivity index (χ1) is 11.3. The third kappa shape index (κ3) is 29.9. The van der Waals surface area contributed by atoms with Crippen molar-refractivity contribution < 1.29 is 9.59 Å². The Bertz CT molecular complexity index is 214. The van der Waals surface area contributed by atoms with Crippen molar-refractivity contribution in [1.29, 1.82) is 0 Å². The van der Waals surface area contributed by atoms with E-state index in [9.17, 15) is 9.59 Å². The Hall–Kier alpha value is -0.660. The zero-order valence-electron chi connectivity index (χ0n) is 16.0. The van der Waals surface area contributed by atoms with E-state index in [0.717, 1.165) is 38.3 Å². The second kappa shape index (κ2) is 26.2. The predicted octanol–water partition coefficient (Wildman–Crippen LogP) is 7.04. The quantitative estimate of drug-likeness (QED) is 0.212. The number of carbonyl (C=O) groups is 2. The number of aldehydes is 2. The van der Waals surface area contributed by atoms with Gasteiger partial charge in [-0.1, -0.05) is 97.3 Å². The molecule has 0 aromatic carbocycles. The maximum absolute atomic E-state index is 10.0. The van der Waals surface area contributed by atoms with Gasteiger partial charge in [-0.25, -0.2) is 0 Å². The van der Waals surface area contributed by atoms with Gasteiger partial charge in [0.2, 0.25) is 0 Å². The third-order valence-electron chi connectivity index (χ3n) is 4.10. The summed E-state index contributed by atoms with van der Waals surface area (Å²) in [6, 6.07) is 0. The summed E-state index contributed by atoms with van der Waals surface area (Å²) < 4.78 is 0. The lowest BCUT2D eigenvalue weighted by molar-refractivity contribution is -0.108. The minimum atomic E-state index is 0.754. The van der Waals surface area contributed by atoms with Crippen LogP contribution >= 0.6 is 0 Å². The van der Waals surface area contributed by atoms with Crippen molar-refractivity contribution in [2.24, 2.45) is 0 Å². The zero-order valence-corrected chi connectivity index (χ0v) is 16.0. The first-order valence-electron chi connectivity index (χ1n) is 10.2. The van der Waals surface area contributed by atoms with Crippen LogP contribution in [0.15, 0.2) is 0 Å². The molecule has 0 heterocycles. The maximum atomic E-state index is 10.0. The molecule has 0 N–H and O–H groups in total. The molecule has 23 heavy (non-hydrogen) atoms. The molecule has 0 saturated carbocycles. The lowest BCUT2D eigenvalue weighted by Crippen LogP contribution is -1.82. The van der Waals surface area contributed by atoms with Crippen molar-refractivity contribution in [1.82, 2.24) is 0 Å². The van der Waals surface area contributed by atoms with E-state index in [1.54, 1.807) is 0 Å². The largest absolute Gasteiger partial charge is 0.303 e. The van der Waals surface area contributed by atoms with Crippen LogP contribution in [0.3, 0.4) is 0 Å². The minimum Gasteiger partial charge on any atom is -0.303 e. The van der Waals surface area contributed by atoms with Crippen molar-refractivity contribution in [2.45, 2.75) is 123 Å². The summed E-state index contributed by atoms with van der Waals surface area (Å²) >= 11 is 0. The highest BCUT2D eigenvalue weighted by Crippen LogP contribution is 2.10. The first-order valence-corrected chi connectivity index (χ1v) is 10.2. The topological polar surface area (TPSA) is 34.1 Å². The molecule has 0 aromatic rings. The number of carbonyl (C=O) groups excluding carboxylic acids is 2. The molecular weight excluding hydrogens is 284 g/mol. The van der Waals surface area contributed by atoms with Gasteiger partial charge >= 0.3 is 0 Å². The van der Waals surface area contributed by atoms with Gasteiger partial charge in [0.05, 0.1) is 0 Å². The summed E-state index contributed by atoms with van der Waals surface area (Å²) in [5.74, 6) is 0. The normalized spacial score (nSPS) is 10.0. The molecule has 0 bridgehead atoms. The van der Waals surface area contributed by atoms with Crippen molar-refractivity contribution in [2.75, 3.05) is 0 Å². The first kappa shape index (κ1) is 24.6. The Balaban J connectivity index is 0. The van der Waals surface area contributed by atoms with Gasteiger partial charge in [-0.15, -0.1) is 0 Å². The maximum Gasteiger partial charge on any atom is 0.119 e. The molecule has 0 rings (SSSR count). The van der Waals surface area contributed by atoms with E-state index in [2.05, 4.69) is 13.8 Å². The van der Waals surface area contributed by atoms with Gasteiger partial charge in [0, 0.05) is 12.8 Å². The summed E-state index contributed by atoms with van der Waals surface area (Å²) in [4.78, 5) is 19.9. The van der Waals surface area contributed by atoms with E-state index in [4.69, 9.17) is 0 Å². The number of rotatable bonds is 17. The number of hydrogen-bond donors (Lipinski definition) is 0. The standard InChI is InChI=1S/C13H26O.C8H16O/c1-2-3-4-5-6-7-8-9-10-11-12-13-14;1-2-3-4-5-6-7-8-9/h13H,2-12H2,1H3;8H,2-7H2,1H3. The molecule has 0 aliphatic heterocycles. The molecule has 0 amide bonds. The van der Waals surface area contributed by atoms with E-state index in [0.29, 0.717) is 0 Å². The molecule has 2 heteroatoms. The number of hydrogen-bond acceptors (Lipinski definition) is 2. The zero-order chi connectivity index (χ0) is 17.4. The van der Waals surface area contributed by atoms with Crippen molar-refractivity contribution in [3.8, 4) is 0 Å². The van der Waals surface area contributed by atoms with Gasteiger partial charge in [-0.05, 0) is 12.8 Å². The van der Waals surface area contributed by atoms with E-state index < -0.39 is 0 Å². The summed E-state index contributed by atoms with van der Waals surface area (Å²) in [5.41, 5.74) is 0. The van der Waals surface area contributed by atoms with Gasteiger partial charge in [-0.2, -0.15) is 0 Å². The highest BCUT2D eigenvalue weighted by molar-refractivity contribution is 5.49. The Kier molecular flexibility index (Phi) is 28.1. The second-order valence-electron chi connectivity index (χ2n) is 6.51. The fraction of sp³-hybridized carbons (Fsp3) is 0.905. The van der Waals surface area contributed by atoms with Crippen LogP contribution in [0.25, 0.3) is 0 Å². The number of unbranched alkanes of at least 4 members (excludes halogenated alkanes) is 15. The highest BCUT2D eigenvalue weighted by atomic mass is 16.1. The summed E-state index contributed by atoms with van der Waals surface area (Å²) in [6.45, 7) is 4.45. The second-order valence-corrected chi connectivity index (χ2v) is 6.51. The Morgan fingerprint density at radius 2 is 0.696 bits per heavy atom. The van der Waals surface area contributed by atoms with E-state index in [1.165, 1.54) is 83.5 Å². The molecule has 0 aliphatic rings. The molecule has 2 nitrogen and oxygen atoms in total. The monoisotopic (exact) mass is 326 g/mol. The van der Waals surface area contributed by atoms with Gasteiger partial charge in [-0.3, -0.25) is 0 Å². The van der Waals surface area contributed by atoms with Crippen LogP contribution in [-0.4, -0.2) is 12.6 Å². The molecule has 0 fully saturated rings. The van der Waals surface area contributed by atoms with Gasteiger partial charge < -0.3 is 9.59 Å². The van der Waals surface area contributed by atoms with Crippen LogP contribution in [0, 0.1) is 0 Å². The van der Waals surface area contributed by atoms with Crippen LogP contribution in [0.2, 0.25) is 0 Å². The molecule has 138 valence electrons. The van der Waals surface area contributed by atoms with Crippen LogP contribution in [-0.2, 0) is 9.59 Å². The SMILES string of the molecule is CCCCCCCC=O.CCCCCCCCCCCCC=O. The van der Waals surface area contributed by atoms with Crippen LogP contribution < -0.4 is 0 Å². The lowest BCUT2D eigenvalue weighted by Gasteiger charge is -2.00. The molecule has 0 atom stereocenters. The lowest BCUT2D eigenvalue weighted by atomic mass is 10.1. The van der Waals surface area contributed by atoms with Crippen molar-refractivity contribution >= 4 is 12.6 Å². The van der Waals surface area contributed by atoms with Gasteiger partial charge in [0.15, 0.2) is 0 Å². The Morgan fingerprint density at radius 3 is 0.957 bits per heavy atom. The van der Waals surface area contributed by atoms with Crippen LogP contribution in [0.4, 0.5) is 0 Å². The van der Waals surface area contributed by atoms with E-state index in [1.807, 2.05) is 0 Å². The van der Waals surface area contributed by atoms with Crippen molar-refractivity contribution in [3.63, 3.8) is 0 Å². The molecule has 0 saturated heterocycles. The average Bonchev–Trinajstić information content (AvgIpc) is 2.57. The van der Waals surface area contributed by atoms with Crippen molar-refractivity contribution in [3.05, 3.63) is 0 Å². The average molecular weight is 327 g/mol. The fourth-order valence-electron chi connectivity index (χ4n) is 2.55. The molecule has 0 radical (unpaired) electrons.